The Hall–Kier alpha value is -0.120. The minimum Gasteiger partial charge on any atom is -0.378 e. The molecule has 1 aliphatic rings. The molecule has 0 aromatic heterocycles. The van der Waals surface area contributed by atoms with E-state index in [0.29, 0.717) is 18.2 Å². The van der Waals surface area contributed by atoms with E-state index in [4.69, 9.17) is 4.74 Å². The number of rotatable bonds is 9. The van der Waals surface area contributed by atoms with E-state index < -0.39 is 0 Å². The van der Waals surface area contributed by atoms with Gasteiger partial charge < -0.3 is 10.1 Å². The van der Waals surface area contributed by atoms with Crippen molar-refractivity contribution in [2.24, 2.45) is 0 Å². The van der Waals surface area contributed by atoms with Crippen molar-refractivity contribution in [3.8, 4) is 0 Å². The molecule has 3 nitrogen and oxygen atoms in total. The largest absolute Gasteiger partial charge is 0.378 e. The van der Waals surface area contributed by atoms with Gasteiger partial charge in [0.05, 0.1) is 6.10 Å². The first-order valence-corrected chi connectivity index (χ1v) is 7.69. The fourth-order valence-electron chi connectivity index (χ4n) is 2.77. The van der Waals surface area contributed by atoms with Crippen LogP contribution in [0.15, 0.2) is 0 Å². The Morgan fingerprint density at radius 2 is 1.89 bits per heavy atom. The highest BCUT2D eigenvalue weighted by molar-refractivity contribution is 4.69. The highest BCUT2D eigenvalue weighted by Crippen LogP contribution is 2.16. The van der Waals surface area contributed by atoms with Gasteiger partial charge in [0.15, 0.2) is 0 Å². The number of hydrogen-bond acceptors (Lipinski definition) is 3. The van der Waals surface area contributed by atoms with Crippen molar-refractivity contribution in [3.63, 3.8) is 0 Å². The minimum atomic E-state index is 0.551. The monoisotopic (exact) mass is 256 g/mol. The second-order valence-corrected chi connectivity index (χ2v) is 5.95. The van der Waals surface area contributed by atoms with Gasteiger partial charge in [-0.3, -0.25) is 4.90 Å². The molecule has 0 amide bonds. The van der Waals surface area contributed by atoms with E-state index in [-0.39, 0.29) is 0 Å². The molecule has 0 aromatic carbocycles. The summed E-state index contributed by atoms with van der Waals surface area (Å²) in [6, 6.07) is 1.28. The van der Waals surface area contributed by atoms with E-state index >= 15 is 0 Å². The molecule has 18 heavy (non-hydrogen) atoms. The molecule has 3 heteroatoms. The topological polar surface area (TPSA) is 24.5 Å². The molecule has 0 aliphatic carbocycles. The zero-order valence-corrected chi connectivity index (χ0v) is 12.7. The molecule has 1 rings (SSSR count). The maximum atomic E-state index is 5.62. The van der Waals surface area contributed by atoms with Gasteiger partial charge in [0.2, 0.25) is 0 Å². The van der Waals surface area contributed by atoms with Crippen LogP contribution < -0.4 is 5.32 Å². The Balaban J connectivity index is 1.96. The number of nitrogens with zero attached hydrogens (tertiary/aromatic N) is 1. The van der Waals surface area contributed by atoms with Gasteiger partial charge in [0, 0.05) is 31.8 Å². The normalized spacial score (nSPS) is 20.5. The second-order valence-electron chi connectivity index (χ2n) is 5.95. The van der Waals surface area contributed by atoms with Crippen LogP contribution in [0.2, 0.25) is 0 Å². The van der Waals surface area contributed by atoms with Crippen molar-refractivity contribution in [1.82, 2.24) is 10.2 Å². The highest BCUT2D eigenvalue weighted by atomic mass is 16.5. The smallest absolute Gasteiger partial charge is 0.0576 e. The Morgan fingerprint density at radius 1 is 1.17 bits per heavy atom. The van der Waals surface area contributed by atoms with E-state index in [1.807, 2.05) is 0 Å². The Bertz CT molecular complexity index is 193. The molecule has 108 valence electrons. The molecule has 1 atom stereocenters. The lowest BCUT2D eigenvalue weighted by Gasteiger charge is -2.30. The Kier molecular flexibility index (Phi) is 7.87. The lowest BCUT2D eigenvalue weighted by Crippen LogP contribution is -2.41. The van der Waals surface area contributed by atoms with Gasteiger partial charge in [-0.15, -0.1) is 0 Å². The van der Waals surface area contributed by atoms with Crippen LogP contribution in [0, 0.1) is 0 Å². The minimum absolute atomic E-state index is 0.551. The first-order chi connectivity index (χ1) is 8.61. The number of nitrogens with one attached hydrogen (secondary N) is 1. The van der Waals surface area contributed by atoms with Crippen LogP contribution in [0.5, 0.6) is 0 Å². The predicted molar refractivity (Wildman–Crippen MR) is 78.1 cm³/mol. The summed E-state index contributed by atoms with van der Waals surface area (Å²) in [5.74, 6) is 0. The molecule has 1 saturated heterocycles. The van der Waals surface area contributed by atoms with E-state index in [9.17, 15) is 0 Å². The van der Waals surface area contributed by atoms with Crippen molar-refractivity contribution in [2.45, 2.75) is 71.6 Å². The van der Waals surface area contributed by atoms with Gasteiger partial charge in [-0.25, -0.2) is 0 Å². The molecule has 1 N–H and O–H groups in total. The summed E-state index contributed by atoms with van der Waals surface area (Å²) in [5, 5.41) is 3.55. The van der Waals surface area contributed by atoms with E-state index in [2.05, 4.69) is 37.9 Å². The zero-order chi connectivity index (χ0) is 13.4. The SMILES string of the molecule is CC(C)N(CCNCCCC1CCCO1)C(C)C. The third kappa shape index (κ3) is 6.17. The first-order valence-electron chi connectivity index (χ1n) is 7.69. The average molecular weight is 256 g/mol. The van der Waals surface area contributed by atoms with Crippen molar-refractivity contribution in [2.75, 3.05) is 26.2 Å². The van der Waals surface area contributed by atoms with Crippen LogP contribution in [0.3, 0.4) is 0 Å². The van der Waals surface area contributed by atoms with Crippen LogP contribution in [-0.2, 0) is 4.74 Å². The van der Waals surface area contributed by atoms with Crippen LogP contribution in [0.4, 0.5) is 0 Å². The van der Waals surface area contributed by atoms with Gasteiger partial charge >= 0.3 is 0 Å². The Labute approximate surface area is 113 Å². The third-order valence-corrected chi connectivity index (χ3v) is 3.78. The van der Waals surface area contributed by atoms with Gasteiger partial charge in [-0.1, -0.05) is 0 Å². The quantitative estimate of drug-likeness (QED) is 0.642. The van der Waals surface area contributed by atoms with Crippen LogP contribution in [0.1, 0.15) is 53.4 Å². The molecule has 1 heterocycles. The molecule has 1 unspecified atom stereocenters. The highest BCUT2D eigenvalue weighted by Gasteiger charge is 2.14. The maximum absolute atomic E-state index is 5.62. The summed E-state index contributed by atoms with van der Waals surface area (Å²) >= 11 is 0. The van der Waals surface area contributed by atoms with Crippen molar-refractivity contribution < 1.29 is 4.74 Å². The van der Waals surface area contributed by atoms with E-state index in [0.717, 1.165) is 26.2 Å². The molecule has 0 saturated carbocycles. The van der Waals surface area contributed by atoms with E-state index in [1.165, 1.54) is 25.7 Å². The summed E-state index contributed by atoms with van der Waals surface area (Å²) in [7, 11) is 0. The molecule has 0 radical (unpaired) electrons. The van der Waals surface area contributed by atoms with Crippen LogP contribution in [-0.4, -0.2) is 49.3 Å². The Morgan fingerprint density at radius 3 is 2.44 bits per heavy atom. The summed E-state index contributed by atoms with van der Waals surface area (Å²) in [4.78, 5) is 2.53. The molecular weight excluding hydrogens is 224 g/mol. The summed E-state index contributed by atoms with van der Waals surface area (Å²) in [6.07, 6.45) is 5.55. The fraction of sp³-hybridized carbons (Fsp3) is 1.00. The van der Waals surface area contributed by atoms with Crippen LogP contribution in [0.25, 0.3) is 0 Å². The lowest BCUT2D eigenvalue weighted by atomic mass is 10.1. The van der Waals surface area contributed by atoms with Crippen molar-refractivity contribution >= 4 is 0 Å². The van der Waals surface area contributed by atoms with Gasteiger partial charge in [-0.05, 0) is 59.9 Å². The third-order valence-electron chi connectivity index (χ3n) is 3.78. The molecule has 0 bridgehead atoms. The number of hydrogen-bond donors (Lipinski definition) is 1. The predicted octanol–water partition coefficient (Wildman–Crippen LogP) is 2.65. The lowest BCUT2D eigenvalue weighted by molar-refractivity contribution is 0.102. The summed E-state index contributed by atoms with van der Waals surface area (Å²) in [6.45, 7) is 13.5. The molecule has 1 aliphatic heterocycles. The number of ether oxygens (including phenoxy) is 1. The fourth-order valence-corrected chi connectivity index (χ4v) is 2.77. The average Bonchev–Trinajstić information content (AvgIpc) is 2.79. The maximum Gasteiger partial charge on any atom is 0.0576 e. The molecule has 0 aromatic rings. The molecule has 0 spiro atoms. The summed E-state index contributed by atoms with van der Waals surface area (Å²) in [5.41, 5.74) is 0. The van der Waals surface area contributed by atoms with E-state index in [1.54, 1.807) is 0 Å². The van der Waals surface area contributed by atoms with Crippen molar-refractivity contribution in [1.29, 1.82) is 0 Å². The van der Waals surface area contributed by atoms with Gasteiger partial charge in [0.1, 0.15) is 0 Å². The van der Waals surface area contributed by atoms with Gasteiger partial charge in [0.25, 0.3) is 0 Å². The molecule has 1 fully saturated rings. The zero-order valence-electron chi connectivity index (χ0n) is 12.7. The van der Waals surface area contributed by atoms with Crippen LogP contribution >= 0.6 is 0 Å². The summed E-state index contributed by atoms with van der Waals surface area (Å²) < 4.78 is 5.62. The molecular formula is C15H32N2O. The first kappa shape index (κ1) is 15.9. The van der Waals surface area contributed by atoms with Gasteiger partial charge in [-0.2, -0.15) is 0 Å². The second kappa shape index (κ2) is 8.89. The standard InChI is InChI=1S/C15H32N2O/c1-13(2)17(14(3)4)11-10-16-9-5-7-15-8-6-12-18-15/h13-16H,5-12H2,1-4H3. The van der Waals surface area contributed by atoms with Crippen molar-refractivity contribution in [3.05, 3.63) is 0 Å².